The summed E-state index contributed by atoms with van der Waals surface area (Å²) < 4.78 is 39.0. The molecule has 0 aliphatic carbocycles. The fraction of sp³-hybridized carbons (Fsp3) is 0.111. The zero-order valence-corrected chi connectivity index (χ0v) is 15.3. The molecular formula is C18H12BrF3N4O. The first-order valence-corrected chi connectivity index (χ1v) is 8.50. The molecule has 0 saturated heterocycles. The van der Waals surface area contributed by atoms with Crippen molar-refractivity contribution in [3.05, 3.63) is 76.4 Å². The highest BCUT2D eigenvalue weighted by molar-refractivity contribution is 9.10. The van der Waals surface area contributed by atoms with Gasteiger partial charge in [-0.3, -0.25) is 14.8 Å². The molecule has 9 heteroatoms. The van der Waals surface area contributed by atoms with Crippen LogP contribution in [0.3, 0.4) is 0 Å². The summed E-state index contributed by atoms with van der Waals surface area (Å²) in [6.07, 6.45) is -0.395. The van der Waals surface area contributed by atoms with E-state index in [1.54, 1.807) is 24.3 Å². The predicted octanol–water partition coefficient (Wildman–Crippen LogP) is 4.25. The minimum absolute atomic E-state index is 0.216. The summed E-state index contributed by atoms with van der Waals surface area (Å²) in [7, 11) is 0. The van der Waals surface area contributed by atoms with E-state index >= 15 is 0 Å². The van der Waals surface area contributed by atoms with E-state index in [2.05, 4.69) is 36.2 Å². The fourth-order valence-corrected chi connectivity index (χ4v) is 2.46. The number of hydrogen-bond donors (Lipinski definition) is 1. The molecule has 1 amide bonds. The Hall–Kier alpha value is -2.81. The average molecular weight is 437 g/mol. The largest absolute Gasteiger partial charge is 0.433 e. The van der Waals surface area contributed by atoms with E-state index < -0.39 is 11.9 Å². The Balaban J connectivity index is 1.67. The number of pyridine rings is 3. The number of nitrogens with one attached hydrogen (secondary N) is 1. The standard InChI is InChI=1S/C18H12BrF3N4O/c19-13-2-4-15(25-10-13)17(27)26-9-11-1-3-14(24-8-11)12-5-6-23-16(7-12)18(20,21)22/h1-8,10H,9H2,(H,26,27). The molecule has 1 N–H and O–H groups in total. The molecule has 0 aliphatic rings. The summed E-state index contributed by atoms with van der Waals surface area (Å²) in [5, 5.41) is 2.71. The van der Waals surface area contributed by atoms with E-state index in [-0.39, 0.29) is 18.1 Å². The molecule has 0 spiro atoms. The summed E-state index contributed by atoms with van der Waals surface area (Å²) in [4.78, 5) is 23.5. The van der Waals surface area contributed by atoms with Crippen LogP contribution in [0.2, 0.25) is 0 Å². The second-order valence-electron chi connectivity index (χ2n) is 5.52. The third-order valence-corrected chi connectivity index (χ3v) is 4.05. The van der Waals surface area contributed by atoms with Gasteiger partial charge in [0.05, 0.1) is 5.69 Å². The van der Waals surface area contributed by atoms with Crippen LogP contribution in [0.25, 0.3) is 11.3 Å². The van der Waals surface area contributed by atoms with Gasteiger partial charge in [0.2, 0.25) is 0 Å². The number of carbonyl (C=O) groups excluding carboxylic acids is 1. The van der Waals surface area contributed by atoms with Crippen LogP contribution in [-0.2, 0) is 12.7 Å². The van der Waals surface area contributed by atoms with Crippen molar-refractivity contribution in [1.82, 2.24) is 20.3 Å². The second-order valence-corrected chi connectivity index (χ2v) is 6.44. The van der Waals surface area contributed by atoms with E-state index in [1.807, 2.05) is 0 Å². The first-order chi connectivity index (χ1) is 12.8. The average Bonchev–Trinajstić information content (AvgIpc) is 2.66. The van der Waals surface area contributed by atoms with E-state index in [0.717, 1.165) is 16.7 Å². The van der Waals surface area contributed by atoms with Crippen LogP contribution in [0, 0.1) is 0 Å². The zero-order chi connectivity index (χ0) is 19.4. The maximum Gasteiger partial charge on any atom is 0.433 e. The van der Waals surface area contributed by atoms with Gasteiger partial charge in [-0.05, 0) is 51.8 Å². The maximum atomic E-state index is 12.8. The molecule has 0 unspecified atom stereocenters. The van der Waals surface area contributed by atoms with Gasteiger partial charge in [0.25, 0.3) is 5.91 Å². The molecule has 138 valence electrons. The number of hydrogen-bond acceptors (Lipinski definition) is 4. The first kappa shape index (κ1) is 19.0. The van der Waals surface area contributed by atoms with Crippen molar-refractivity contribution in [2.45, 2.75) is 12.7 Å². The van der Waals surface area contributed by atoms with Crippen LogP contribution < -0.4 is 5.32 Å². The monoisotopic (exact) mass is 436 g/mol. The molecule has 0 bridgehead atoms. The SMILES string of the molecule is O=C(NCc1ccc(-c2ccnc(C(F)(F)F)c2)nc1)c1ccc(Br)cn1. The van der Waals surface area contributed by atoms with Crippen molar-refractivity contribution in [2.75, 3.05) is 0 Å². The molecule has 0 aliphatic heterocycles. The van der Waals surface area contributed by atoms with Crippen molar-refractivity contribution in [3.63, 3.8) is 0 Å². The van der Waals surface area contributed by atoms with Crippen molar-refractivity contribution in [3.8, 4) is 11.3 Å². The predicted molar refractivity (Wildman–Crippen MR) is 95.6 cm³/mol. The summed E-state index contributed by atoms with van der Waals surface area (Å²) in [5.41, 5.74) is 0.702. The zero-order valence-electron chi connectivity index (χ0n) is 13.7. The third-order valence-electron chi connectivity index (χ3n) is 3.58. The van der Waals surface area contributed by atoms with Crippen LogP contribution in [0.4, 0.5) is 13.2 Å². The molecule has 3 rings (SSSR count). The lowest BCUT2D eigenvalue weighted by Crippen LogP contribution is -2.23. The Kier molecular flexibility index (Phi) is 5.50. The van der Waals surface area contributed by atoms with Crippen molar-refractivity contribution >= 4 is 21.8 Å². The molecular weight excluding hydrogens is 425 g/mol. The van der Waals surface area contributed by atoms with Gasteiger partial charge in [-0.1, -0.05) is 6.07 Å². The Morgan fingerprint density at radius 2 is 1.85 bits per heavy atom. The van der Waals surface area contributed by atoms with Crippen LogP contribution >= 0.6 is 15.9 Å². The lowest BCUT2D eigenvalue weighted by molar-refractivity contribution is -0.141. The second kappa shape index (κ2) is 7.83. The molecule has 0 fully saturated rings. The highest BCUT2D eigenvalue weighted by atomic mass is 79.9. The van der Waals surface area contributed by atoms with E-state index in [0.29, 0.717) is 16.8 Å². The van der Waals surface area contributed by atoms with E-state index in [9.17, 15) is 18.0 Å². The van der Waals surface area contributed by atoms with Gasteiger partial charge >= 0.3 is 6.18 Å². The fourth-order valence-electron chi connectivity index (χ4n) is 2.23. The maximum absolute atomic E-state index is 12.8. The summed E-state index contributed by atoms with van der Waals surface area (Å²) in [6.45, 7) is 0.216. The third kappa shape index (κ3) is 4.88. The van der Waals surface area contributed by atoms with Crippen molar-refractivity contribution in [2.24, 2.45) is 0 Å². The van der Waals surface area contributed by atoms with Gasteiger partial charge in [-0.25, -0.2) is 4.98 Å². The van der Waals surface area contributed by atoms with E-state index in [1.165, 1.54) is 18.5 Å². The van der Waals surface area contributed by atoms with Gasteiger partial charge in [-0.15, -0.1) is 0 Å². The molecule has 0 atom stereocenters. The Morgan fingerprint density at radius 3 is 2.48 bits per heavy atom. The number of rotatable bonds is 4. The summed E-state index contributed by atoms with van der Waals surface area (Å²) in [6, 6.07) is 8.98. The Bertz CT molecular complexity index is 944. The van der Waals surface area contributed by atoms with Crippen LogP contribution in [0.15, 0.2) is 59.5 Å². The lowest BCUT2D eigenvalue weighted by atomic mass is 10.1. The first-order valence-electron chi connectivity index (χ1n) is 7.71. The Morgan fingerprint density at radius 1 is 1.04 bits per heavy atom. The van der Waals surface area contributed by atoms with Gasteiger partial charge in [-0.2, -0.15) is 13.2 Å². The number of halogens is 4. The van der Waals surface area contributed by atoms with E-state index in [4.69, 9.17) is 0 Å². The van der Waals surface area contributed by atoms with Crippen LogP contribution in [-0.4, -0.2) is 20.9 Å². The molecule has 3 aromatic rings. The summed E-state index contributed by atoms with van der Waals surface area (Å²) >= 11 is 3.24. The molecule has 0 aromatic carbocycles. The molecule has 0 radical (unpaired) electrons. The quantitative estimate of drug-likeness (QED) is 0.663. The highest BCUT2D eigenvalue weighted by Gasteiger charge is 2.32. The summed E-state index contributed by atoms with van der Waals surface area (Å²) in [5.74, 6) is -0.337. The smallest absolute Gasteiger partial charge is 0.347 e. The molecule has 27 heavy (non-hydrogen) atoms. The number of amides is 1. The van der Waals surface area contributed by atoms with Crippen LogP contribution in [0.5, 0.6) is 0 Å². The molecule has 3 heterocycles. The van der Waals surface area contributed by atoms with Crippen LogP contribution in [0.1, 0.15) is 21.7 Å². The van der Waals surface area contributed by atoms with Gasteiger partial charge in [0.15, 0.2) is 0 Å². The number of carbonyl (C=O) groups is 1. The minimum Gasteiger partial charge on any atom is -0.347 e. The molecule has 0 saturated carbocycles. The molecule has 3 aromatic heterocycles. The van der Waals surface area contributed by atoms with Gasteiger partial charge in [0.1, 0.15) is 11.4 Å². The minimum atomic E-state index is -4.51. The van der Waals surface area contributed by atoms with Gasteiger partial charge in [0, 0.05) is 35.2 Å². The number of nitrogens with zero attached hydrogens (tertiary/aromatic N) is 3. The Labute approximate surface area is 160 Å². The number of aromatic nitrogens is 3. The highest BCUT2D eigenvalue weighted by Crippen LogP contribution is 2.29. The topological polar surface area (TPSA) is 67.8 Å². The lowest BCUT2D eigenvalue weighted by Gasteiger charge is -2.08. The normalized spacial score (nSPS) is 11.3. The van der Waals surface area contributed by atoms with Crippen molar-refractivity contribution < 1.29 is 18.0 Å². The van der Waals surface area contributed by atoms with Gasteiger partial charge < -0.3 is 5.32 Å². The number of alkyl halides is 3. The van der Waals surface area contributed by atoms with Crippen molar-refractivity contribution in [1.29, 1.82) is 0 Å². The molecule has 5 nitrogen and oxygen atoms in total.